The molecule has 0 spiro atoms. The third-order valence-electron chi connectivity index (χ3n) is 3.06. The fourth-order valence-electron chi connectivity index (χ4n) is 1.69. The summed E-state index contributed by atoms with van der Waals surface area (Å²) in [5.41, 5.74) is 7.09. The molecule has 1 amide bonds. The Bertz CT molecular complexity index is 365. The van der Waals surface area contributed by atoms with Crippen molar-refractivity contribution in [2.45, 2.75) is 31.8 Å². The summed E-state index contributed by atoms with van der Waals surface area (Å²) >= 11 is 0. The van der Waals surface area contributed by atoms with Crippen LogP contribution >= 0.6 is 12.4 Å². The molecule has 0 heterocycles. The number of carbonyl (C=O) groups is 1. The molecule has 17 heavy (non-hydrogen) atoms. The molecular formula is C13H19ClN2O. The monoisotopic (exact) mass is 254 g/mol. The summed E-state index contributed by atoms with van der Waals surface area (Å²) in [5.74, 6) is -0.109. The van der Waals surface area contributed by atoms with Gasteiger partial charge in [-0.3, -0.25) is 4.79 Å². The molecule has 0 aliphatic heterocycles. The number of carbonyl (C=O) groups excluding carboxylic acids is 1. The van der Waals surface area contributed by atoms with Crippen LogP contribution in [0.3, 0.4) is 0 Å². The van der Waals surface area contributed by atoms with Crippen LogP contribution in [-0.2, 0) is 4.79 Å². The number of benzene rings is 1. The lowest BCUT2D eigenvalue weighted by molar-refractivity contribution is -0.125. The first-order chi connectivity index (χ1) is 7.68. The Morgan fingerprint density at radius 1 is 1.35 bits per heavy atom. The average Bonchev–Trinajstić information content (AvgIpc) is 3.12. The van der Waals surface area contributed by atoms with Crippen molar-refractivity contribution in [3.8, 4) is 0 Å². The minimum atomic E-state index is -0.222. The molecule has 2 unspecified atom stereocenters. The lowest BCUT2D eigenvalue weighted by Crippen LogP contribution is -2.36. The summed E-state index contributed by atoms with van der Waals surface area (Å²) < 4.78 is 0. The predicted molar refractivity (Wildman–Crippen MR) is 70.9 cm³/mol. The van der Waals surface area contributed by atoms with Crippen LogP contribution in [0.4, 0.5) is 0 Å². The quantitative estimate of drug-likeness (QED) is 0.864. The number of halogens is 1. The van der Waals surface area contributed by atoms with Crippen molar-refractivity contribution in [3.05, 3.63) is 35.9 Å². The zero-order valence-corrected chi connectivity index (χ0v) is 10.7. The largest absolute Gasteiger partial charge is 0.353 e. The fraction of sp³-hybridized carbons (Fsp3) is 0.462. The molecule has 3 N–H and O–H groups in total. The molecule has 0 bridgehead atoms. The van der Waals surface area contributed by atoms with E-state index in [1.165, 1.54) is 0 Å². The van der Waals surface area contributed by atoms with Crippen LogP contribution in [0.5, 0.6) is 0 Å². The molecule has 1 fully saturated rings. The molecule has 1 saturated carbocycles. The maximum absolute atomic E-state index is 11.8. The van der Waals surface area contributed by atoms with Gasteiger partial charge >= 0.3 is 0 Å². The molecule has 3 nitrogen and oxygen atoms in total. The molecular weight excluding hydrogens is 236 g/mol. The standard InChI is InChI=1S/C13H18N2O.ClH/c1-9(13(16)15-11-7-8-11)12(14)10-5-3-2-4-6-10;/h2-6,9,11-12H,7-8,14H2,1H3,(H,15,16);1H. The lowest BCUT2D eigenvalue weighted by atomic mass is 9.95. The SMILES string of the molecule is CC(C(=O)NC1CC1)C(N)c1ccccc1.Cl. The number of hydrogen-bond acceptors (Lipinski definition) is 2. The van der Waals surface area contributed by atoms with E-state index in [0.717, 1.165) is 18.4 Å². The summed E-state index contributed by atoms with van der Waals surface area (Å²) in [6, 6.07) is 9.95. The van der Waals surface area contributed by atoms with Crippen molar-refractivity contribution in [2.75, 3.05) is 0 Å². The van der Waals surface area contributed by atoms with Crippen molar-refractivity contribution < 1.29 is 4.79 Å². The molecule has 1 aliphatic rings. The lowest BCUT2D eigenvalue weighted by Gasteiger charge is -2.19. The third-order valence-corrected chi connectivity index (χ3v) is 3.06. The summed E-state index contributed by atoms with van der Waals surface area (Å²) in [5, 5.41) is 2.99. The van der Waals surface area contributed by atoms with Crippen LogP contribution in [0, 0.1) is 5.92 Å². The number of nitrogens with two attached hydrogens (primary N) is 1. The summed E-state index contributed by atoms with van der Waals surface area (Å²) in [6.07, 6.45) is 2.22. The van der Waals surface area contributed by atoms with Crippen molar-refractivity contribution in [1.29, 1.82) is 0 Å². The Labute approximate surface area is 108 Å². The van der Waals surface area contributed by atoms with Crippen molar-refractivity contribution in [1.82, 2.24) is 5.32 Å². The Kier molecular flexibility index (Phi) is 4.97. The molecule has 0 radical (unpaired) electrons. The van der Waals surface area contributed by atoms with Gasteiger partial charge in [0.25, 0.3) is 0 Å². The third kappa shape index (κ3) is 3.72. The van der Waals surface area contributed by atoms with Gasteiger partial charge < -0.3 is 11.1 Å². The highest BCUT2D eigenvalue weighted by molar-refractivity contribution is 5.85. The molecule has 2 rings (SSSR count). The molecule has 0 aromatic heterocycles. The Morgan fingerprint density at radius 3 is 2.47 bits per heavy atom. The van der Waals surface area contributed by atoms with E-state index in [1.807, 2.05) is 37.3 Å². The van der Waals surface area contributed by atoms with Crippen LogP contribution in [0.1, 0.15) is 31.4 Å². The Hall–Kier alpha value is -1.06. The van der Waals surface area contributed by atoms with E-state index >= 15 is 0 Å². The number of rotatable bonds is 4. The molecule has 1 aromatic carbocycles. The second-order valence-electron chi connectivity index (χ2n) is 4.51. The minimum absolute atomic E-state index is 0. The van der Waals surface area contributed by atoms with E-state index in [4.69, 9.17) is 5.73 Å². The van der Waals surface area contributed by atoms with Gasteiger partial charge in [-0.2, -0.15) is 0 Å². The highest BCUT2D eigenvalue weighted by atomic mass is 35.5. The zero-order valence-electron chi connectivity index (χ0n) is 9.93. The van der Waals surface area contributed by atoms with Gasteiger partial charge in [-0.05, 0) is 18.4 Å². The van der Waals surface area contributed by atoms with Gasteiger partial charge in [0.05, 0.1) is 5.92 Å². The number of amides is 1. The van der Waals surface area contributed by atoms with Gasteiger partial charge in [0.15, 0.2) is 0 Å². The van der Waals surface area contributed by atoms with Gasteiger partial charge in [-0.25, -0.2) is 0 Å². The highest BCUT2D eigenvalue weighted by Gasteiger charge is 2.28. The van der Waals surface area contributed by atoms with Gasteiger partial charge in [-0.15, -0.1) is 12.4 Å². The number of nitrogens with one attached hydrogen (secondary N) is 1. The molecule has 94 valence electrons. The molecule has 0 saturated heterocycles. The average molecular weight is 255 g/mol. The van der Waals surface area contributed by atoms with Gasteiger partial charge in [0.2, 0.25) is 5.91 Å². The van der Waals surface area contributed by atoms with Crippen molar-refractivity contribution >= 4 is 18.3 Å². The molecule has 4 heteroatoms. The fourth-order valence-corrected chi connectivity index (χ4v) is 1.69. The van der Waals surface area contributed by atoms with Crippen LogP contribution in [0.15, 0.2) is 30.3 Å². The zero-order chi connectivity index (χ0) is 11.5. The molecule has 1 aromatic rings. The van der Waals surface area contributed by atoms with E-state index in [2.05, 4.69) is 5.32 Å². The molecule has 1 aliphatic carbocycles. The van der Waals surface area contributed by atoms with Crippen LogP contribution in [0.25, 0.3) is 0 Å². The smallest absolute Gasteiger partial charge is 0.224 e. The first kappa shape index (κ1) is 14.0. The summed E-state index contributed by atoms with van der Waals surface area (Å²) in [7, 11) is 0. The van der Waals surface area contributed by atoms with Gasteiger partial charge in [0.1, 0.15) is 0 Å². The predicted octanol–water partition coefficient (Wildman–Crippen LogP) is 2.02. The van der Waals surface area contributed by atoms with E-state index < -0.39 is 0 Å². The Morgan fingerprint density at radius 2 is 1.94 bits per heavy atom. The minimum Gasteiger partial charge on any atom is -0.353 e. The van der Waals surface area contributed by atoms with E-state index in [0.29, 0.717) is 6.04 Å². The van der Waals surface area contributed by atoms with E-state index in [9.17, 15) is 4.79 Å². The number of hydrogen-bond donors (Lipinski definition) is 2. The summed E-state index contributed by atoms with van der Waals surface area (Å²) in [4.78, 5) is 11.8. The molecule has 2 atom stereocenters. The summed E-state index contributed by atoms with van der Waals surface area (Å²) in [6.45, 7) is 1.88. The normalized spacial score (nSPS) is 17.8. The first-order valence-corrected chi connectivity index (χ1v) is 5.79. The van der Waals surface area contributed by atoms with Gasteiger partial charge in [-0.1, -0.05) is 37.3 Å². The highest BCUT2D eigenvalue weighted by Crippen LogP contribution is 2.23. The topological polar surface area (TPSA) is 55.1 Å². The maximum atomic E-state index is 11.8. The van der Waals surface area contributed by atoms with Crippen LogP contribution in [-0.4, -0.2) is 11.9 Å². The Balaban J connectivity index is 0.00000144. The first-order valence-electron chi connectivity index (χ1n) is 5.79. The van der Waals surface area contributed by atoms with E-state index in [-0.39, 0.29) is 30.3 Å². The maximum Gasteiger partial charge on any atom is 0.224 e. The second-order valence-corrected chi connectivity index (χ2v) is 4.51. The van der Waals surface area contributed by atoms with E-state index in [1.54, 1.807) is 0 Å². The van der Waals surface area contributed by atoms with Crippen molar-refractivity contribution in [2.24, 2.45) is 11.7 Å². The van der Waals surface area contributed by atoms with Crippen LogP contribution < -0.4 is 11.1 Å². The van der Waals surface area contributed by atoms with Crippen molar-refractivity contribution in [3.63, 3.8) is 0 Å². The second kappa shape index (κ2) is 6.03. The van der Waals surface area contributed by atoms with Crippen LogP contribution in [0.2, 0.25) is 0 Å². The van der Waals surface area contributed by atoms with Gasteiger partial charge in [0, 0.05) is 12.1 Å².